The first-order valence-electron chi connectivity index (χ1n) is 6.94. The molecule has 21 heavy (non-hydrogen) atoms. The Morgan fingerprint density at radius 2 is 2.05 bits per heavy atom. The molecule has 1 aromatic rings. The number of carbonyl (C=O) groups is 1. The lowest BCUT2D eigenvalue weighted by Gasteiger charge is -2.23. The summed E-state index contributed by atoms with van der Waals surface area (Å²) < 4.78 is 31.5. The van der Waals surface area contributed by atoms with Crippen LogP contribution in [0.5, 0.6) is 0 Å². The van der Waals surface area contributed by atoms with Crippen molar-refractivity contribution in [3.63, 3.8) is 0 Å². The number of rotatable bonds is 5. The molecule has 0 aromatic heterocycles. The number of sulfonamides is 1. The Morgan fingerprint density at radius 3 is 2.62 bits per heavy atom. The van der Waals surface area contributed by atoms with Gasteiger partial charge in [-0.15, -0.1) is 0 Å². The Morgan fingerprint density at radius 1 is 1.33 bits per heavy atom. The third-order valence-electron chi connectivity index (χ3n) is 3.52. The molecule has 1 aliphatic heterocycles. The van der Waals surface area contributed by atoms with Gasteiger partial charge in [0.15, 0.2) is 0 Å². The summed E-state index contributed by atoms with van der Waals surface area (Å²) in [5.41, 5.74) is 0.324. The first-order chi connectivity index (χ1) is 10.0. The van der Waals surface area contributed by atoms with Gasteiger partial charge in [-0.2, -0.15) is 0 Å². The highest BCUT2D eigenvalue weighted by molar-refractivity contribution is 7.89. The number of esters is 1. The topological polar surface area (TPSA) is 84.5 Å². The van der Waals surface area contributed by atoms with Gasteiger partial charge in [-0.05, 0) is 43.7 Å². The van der Waals surface area contributed by atoms with Crippen LogP contribution >= 0.6 is 0 Å². The molecular weight excluding hydrogens is 292 g/mol. The van der Waals surface area contributed by atoms with Crippen molar-refractivity contribution in [2.75, 3.05) is 20.2 Å². The predicted molar refractivity (Wildman–Crippen MR) is 78.6 cm³/mol. The molecule has 1 saturated heterocycles. The van der Waals surface area contributed by atoms with Crippen molar-refractivity contribution in [1.29, 1.82) is 0 Å². The lowest BCUT2D eigenvalue weighted by atomic mass is 10.1. The molecule has 0 aliphatic carbocycles. The van der Waals surface area contributed by atoms with Gasteiger partial charge in [0.05, 0.1) is 17.6 Å². The average Bonchev–Trinajstić information content (AvgIpc) is 2.53. The number of methoxy groups -OCH3 is 1. The largest absolute Gasteiger partial charge is 0.465 e. The van der Waals surface area contributed by atoms with E-state index in [2.05, 4.69) is 14.8 Å². The van der Waals surface area contributed by atoms with E-state index < -0.39 is 16.0 Å². The lowest BCUT2D eigenvalue weighted by Crippen LogP contribution is -2.43. The standard InChI is InChI=1S/C14H20N2O4S/c1-20-14(17)11-5-7-13(8-6-11)21(18,19)16-10-12-4-2-3-9-15-12/h5-8,12,15-16H,2-4,9-10H2,1H3. The molecule has 0 spiro atoms. The average molecular weight is 312 g/mol. The monoisotopic (exact) mass is 312 g/mol. The van der Waals surface area contributed by atoms with Crippen LogP contribution < -0.4 is 10.0 Å². The zero-order valence-corrected chi connectivity index (χ0v) is 12.8. The molecule has 1 aromatic carbocycles. The third kappa shape index (κ3) is 4.26. The van der Waals surface area contributed by atoms with Crippen LogP contribution in [-0.4, -0.2) is 40.6 Å². The van der Waals surface area contributed by atoms with E-state index in [0.717, 1.165) is 25.8 Å². The van der Waals surface area contributed by atoms with Crippen LogP contribution in [0.2, 0.25) is 0 Å². The zero-order valence-electron chi connectivity index (χ0n) is 12.0. The highest BCUT2D eigenvalue weighted by atomic mass is 32.2. The Labute approximate surface area is 124 Å². The molecule has 0 amide bonds. The van der Waals surface area contributed by atoms with E-state index in [-0.39, 0.29) is 10.9 Å². The highest BCUT2D eigenvalue weighted by Crippen LogP contribution is 2.12. The SMILES string of the molecule is COC(=O)c1ccc(S(=O)(=O)NCC2CCCCN2)cc1. The van der Waals surface area contributed by atoms with Crippen LogP contribution in [0, 0.1) is 0 Å². The summed E-state index contributed by atoms with van der Waals surface area (Å²) in [6, 6.07) is 5.88. The fourth-order valence-corrected chi connectivity index (χ4v) is 3.36. The molecule has 116 valence electrons. The van der Waals surface area contributed by atoms with Crippen LogP contribution in [0.25, 0.3) is 0 Å². The fourth-order valence-electron chi connectivity index (χ4n) is 2.28. The van der Waals surface area contributed by atoms with Crippen molar-refractivity contribution in [3.05, 3.63) is 29.8 Å². The Hall–Kier alpha value is -1.44. The minimum Gasteiger partial charge on any atom is -0.465 e. The number of piperidine rings is 1. The summed E-state index contributed by atoms with van der Waals surface area (Å²) in [4.78, 5) is 11.5. The summed E-state index contributed by atoms with van der Waals surface area (Å²) in [6.07, 6.45) is 3.23. The smallest absolute Gasteiger partial charge is 0.337 e. The number of nitrogens with one attached hydrogen (secondary N) is 2. The molecule has 7 heteroatoms. The second-order valence-electron chi connectivity index (χ2n) is 5.01. The molecule has 0 radical (unpaired) electrons. The zero-order chi connectivity index (χ0) is 15.3. The van der Waals surface area contributed by atoms with Gasteiger partial charge in [0.1, 0.15) is 0 Å². The van der Waals surface area contributed by atoms with Crippen molar-refractivity contribution in [2.45, 2.75) is 30.2 Å². The van der Waals surface area contributed by atoms with Crippen molar-refractivity contribution in [1.82, 2.24) is 10.0 Å². The minimum absolute atomic E-state index is 0.144. The second kappa shape index (κ2) is 7.02. The summed E-state index contributed by atoms with van der Waals surface area (Å²) in [7, 11) is -2.27. The van der Waals surface area contributed by atoms with E-state index in [1.54, 1.807) is 0 Å². The molecule has 0 saturated carbocycles. The molecule has 1 heterocycles. The van der Waals surface area contributed by atoms with Crippen LogP contribution in [0.1, 0.15) is 29.6 Å². The predicted octanol–water partition coefficient (Wildman–Crippen LogP) is 0.894. The van der Waals surface area contributed by atoms with Gasteiger partial charge in [-0.1, -0.05) is 6.42 Å². The molecule has 2 rings (SSSR count). The van der Waals surface area contributed by atoms with E-state index >= 15 is 0 Å². The van der Waals surface area contributed by atoms with Gasteiger partial charge >= 0.3 is 5.97 Å². The third-order valence-corrected chi connectivity index (χ3v) is 4.96. The van der Waals surface area contributed by atoms with Gasteiger partial charge in [0, 0.05) is 12.6 Å². The molecular formula is C14H20N2O4S. The maximum atomic E-state index is 12.2. The first kappa shape index (κ1) is 15.9. The number of hydrogen-bond acceptors (Lipinski definition) is 5. The van der Waals surface area contributed by atoms with Crippen LogP contribution in [-0.2, 0) is 14.8 Å². The van der Waals surface area contributed by atoms with Crippen LogP contribution in [0.3, 0.4) is 0 Å². The number of carbonyl (C=O) groups excluding carboxylic acids is 1. The van der Waals surface area contributed by atoms with Gasteiger partial charge in [0.2, 0.25) is 10.0 Å². The molecule has 1 atom stereocenters. The van der Waals surface area contributed by atoms with Crippen molar-refractivity contribution >= 4 is 16.0 Å². The highest BCUT2D eigenvalue weighted by Gasteiger charge is 2.18. The summed E-state index contributed by atoms with van der Waals surface area (Å²) in [5, 5.41) is 3.29. The van der Waals surface area contributed by atoms with Crippen molar-refractivity contribution < 1.29 is 17.9 Å². The number of hydrogen-bond donors (Lipinski definition) is 2. The van der Waals surface area contributed by atoms with Gasteiger partial charge in [-0.25, -0.2) is 17.9 Å². The van der Waals surface area contributed by atoms with Crippen LogP contribution in [0.4, 0.5) is 0 Å². The maximum absolute atomic E-state index is 12.2. The minimum atomic E-state index is -3.55. The van der Waals surface area contributed by atoms with E-state index in [1.165, 1.54) is 31.4 Å². The molecule has 6 nitrogen and oxygen atoms in total. The lowest BCUT2D eigenvalue weighted by molar-refractivity contribution is 0.0600. The summed E-state index contributed by atoms with van der Waals surface area (Å²) >= 11 is 0. The quantitative estimate of drug-likeness (QED) is 0.789. The summed E-state index contributed by atoms with van der Waals surface area (Å²) in [6.45, 7) is 1.31. The Kier molecular flexibility index (Phi) is 5.33. The van der Waals surface area contributed by atoms with Gasteiger partial charge in [0.25, 0.3) is 0 Å². The molecule has 1 aliphatic rings. The van der Waals surface area contributed by atoms with E-state index in [9.17, 15) is 13.2 Å². The molecule has 1 fully saturated rings. The van der Waals surface area contributed by atoms with E-state index in [1.807, 2.05) is 0 Å². The molecule has 2 N–H and O–H groups in total. The maximum Gasteiger partial charge on any atom is 0.337 e. The van der Waals surface area contributed by atoms with E-state index in [0.29, 0.717) is 12.1 Å². The van der Waals surface area contributed by atoms with Crippen LogP contribution in [0.15, 0.2) is 29.2 Å². The van der Waals surface area contributed by atoms with Crippen molar-refractivity contribution in [3.8, 4) is 0 Å². The summed E-state index contributed by atoms with van der Waals surface area (Å²) in [5.74, 6) is -0.488. The van der Waals surface area contributed by atoms with Gasteiger partial charge < -0.3 is 10.1 Å². The van der Waals surface area contributed by atoms with Gasteiger partial charge in [-0.3, -0.25) is 0 Å². The molecule has 0 bridgehead atoms. The Balaban J connectivity index is 1.99. The van der Waals surface area contributed by atoms with E-state index in [4.69, 9.17) is 0 Å². The fraction of sp³-hybridized carbons (Fsp3) is 0.500. The number of benzene rings is 1. The Bertz CT molecular complexity index is 577. The second-order valence-corrected chi connectivity index (χ2v) is 6.78. The first-order valence-corrected chi connectivity index (χ1v) is 8.42. The normalized spacial score (nSPS) is 19.2. The molecule has 1 unspecified atom stereocenters. The van der Waals surface area contributed by atoms with Crippen molar-refractivity contribution in [2.24, 2.45) is 0 Å². The number of ether oxygens (including phenoxy) is 1.